The molecule has 0 radical (unpaired) electrons. The maximum absolute atomic E-state index is 12.0. The average molecular weight is 310 g/mol. The van der Waals surface area contributed by atoms with Gasteiger partial charge in [0.2, 0.25) is 0 Å². The SMILES string of the molecule is CCC(C)C(N=C1NS(=O)(=O)c2ccccc21)C(=O)OC. The fraction of sp³-hybridized carbons (Fsp3) is 0.429. The van der Waals surface area contributed by atoms with E-state index in [-0.39, 0.29) is 16.6 Å². The van der Waals surface area contributed by atoms with Gasteiger partial charge in [-0.3, -0.25) is 9.71 Å². The Hall–Kier alpha value is -1.89. The van der Waals surface area contributed by atoms with E-state index in [0.29, 0.717) is 5.56 Å². The molecule has 1 heterocycles. The van der Waals surface area contributed by atoms with Gasteiger partial charge in [-0.1, -0.05) is 32.4 Å². The summed E-state index contributed by atoms with van der Waals surface area (Å²) in [5, 5.41) is 0. The zero-order valence-corrected chi connectivity index (χ0v) is 13.0. The summed E-state index contributed by atoms with van der Waals surface area (Å²) in [6.45, 7) is 3.81. The van der Waals surface area contributed by atoms with Gasteiger partial charge in [-0.25, -0.2) is 13.2 Å². The summed E-state index contributed by atoms with van der Waals surface area (Å²) in [6.07, 6.45) is 0.727. The number of carbonyl (C=O) groups excluding carboxylic acids is 1. The van der Waals surface area contributed by atoms with Crippen LogP contribution < -0.4 is 4.72 Å². The highest BCUT2D eigenvalue weighted by atomic mass is 32.2. The quantitative estimate of drug-likeness (QED) is 0.850. The second-order valence-electron chi connectivity index (χ2n) is 4.93. The van der Waals surface area contributed by atoms with Crippen LogP contribution in [0.3, 0.4) is 0 Å². The van der Waals surface area contributed by atoms with Gasteiger partial charge in [-0.05, 0) is 18.1 Å². The summed E-state index contributed by atoms with van der Waals surface area (Å²) in [6, 6.07) is 5.82. The lowest BCUT2D eigenvalue weighted by Crippen LogP contribution is -2.31. The van der Waals surface area contributed by atoms with E-state index in [9.17, 15) is 13.2 Å². The van der Waals surface area contributed by atoms with Crippen LogP contribution >= 0.6 is 0 Å². The molecule has 2 rings (SSSR count). The molecule has 1 aromatic carbocycles. The van der Waals surface area contributed by atoms with E-state index in [4.69, 9.17) is 4.74 Å². The third kappa shape index (κ3) is 2.92. The predicted octanol–water partition coefficient (Wildman–Crippen LogP) is 1.31. The van der Waals surface area contributed by atoms with Gasteiger partial charge in [-0.15, -0.1) is 0 Å². The van der Waals surface area contributed by atoms with E-state index >= 15 is 0 Å². The van der Waals surface area contributed by atoms with Gasteiger partial charge in [0.15, 0.2) is 6.04 Å². The molecule has 1 aromatic rings. The first kappa shape index (κ1) is 15.5. The molecule has 0 bridgehead atoms. The minimum atomic E-state index is -3.60. The van der Waals surface area contributed by atoms with Gasteiger partial charge in [-0.2, -0.15) is 0 Å². The minimum absolute atomic E-state index is 0.0535. The third-order valence-corrected chi connectivity index (χ3v) is 4.95. The Labute approximate surface area is 124 Å². The number of fused-ring (bicyclic) bond motifs is 1. The average Bonchev–Trinajstić information content (AvgIpc) is 2.75. The molecule has 1 aliphatic heterocycles. The predicted molar refractivity (Wildman–Crippen MR) is 78.6 cm³/mol. The van der Waals surface area contributed by atoms with Crippen molar-refractivity contribution in [3.63, 3.8) is 0 Å². The maximum Gasteiger partial charge on any atom is 0.330 e. The van der Waals surface area contributed by atoms with Crippen LogP contribution in [0, 0.1) is 5.92 Å². The van der Waals surface area contributed by atoms with E-state index in [2.05, 4.69) is 9.71 Å². The van der Waals surface area contributed by atoms with Crippen molar-refractivity contribution >= 4 is 21.8 Å². The molecule has 2 unspecified atom stereocenters. The number of carbonyl (C=O) groups is 1. The summed E-state index contributed by atoms with van der Waals surface area (Å²) in [7, 11) is -2.30. The van der Waals surface area contributed by atoms with E-state index in [0.717, 1.165) is 6.42 Å². The summed E-state index contributed by atoms with van der Waals surface area (Å²) in [5.41, 5.74) is 0.481. The minimum Gasteiger partial charge on any atom is -0.467 e. The van der Waals surface area contributed by atoms with Crippen molar-refractivity contribution in [2.24, 2.45) is 10.9 Å². The molecule has 0 aromatic heterocycles. The normalized spacial score (nSPS) is 20.4. The maximum atomic E-state index is 12.0. The number of esters is 1. The lowest BCUT2D eigenvalue weighted by molar-refractivity contribution is -0.143. The fourth-order valence-corrected chi connectivity index (χ4v) is 3.36. The zero-order chi connectivity index (χ0) is 15.6. The summed E-state index contributed by atoms with van der Waals surface area (Å²) in [5.74, 6) is -0.330. The van der Waals surface area contributed by atoms with Crippen molar-refractivity contribution in [3.8, 4) is 0 Å². The number of benzene rings is 1. The van der Waals surface area contributed by atoms with E-state index in [1.807, 2.05) is 13.8 Å². The molecular weight excluding hydrogens is 292 g/mol. The van der Waals surface area contributed by atoms with Gasteiger partial charge >= 0.3 is 5.97 Å². The molecule has 7 heteroatoms. The second kappa shape index (κ2) is 5.85. The first-order valence-electron chi connectivity index (χ1n) is 6.68. The molecule has 0 aliphatic carbocycles. The third-order valence-electron chi connectivity index (χ3n) is 3.56. The van der Waals surface area contributed by atoms with Gasteiger partial charge in [0, 0.05) is 5.56 Å². The Morgan fingerprint density at radius 1 is 1.38 bits per heavy atom. The van der Waals surface area contributed by atoms with Crippen LogP contribution in [0.2, 0.25) is 0 Å². The topological polar surface area (TPSA) is 84.8 Å². The lowest BCUT2D eigenvalue weighted by Gasteiger charge is -2.17. The Kier molecular flexibility index (Phi) is 4.32. The molecule has 114 valence electrons. The molecule has 2 atom stereocenters. The number of hydrogen-bond donors (Lipinski definition) is 1. The highest BCUT2D eigenvalue weighted by Crippen LogP contribution is 2.24. The van der Waals surface area contributed by atoms with Crippen LogP contribution in [0.4, 0.5) is 0 Å². The number of methoxy groups -OCH3 is 1. The molecule has 0 saturated heterocycles. The Balaban J connectivity index is 2.48. The number of nitrogens with zero attached hydrogens (tertiary/aromatic N) is 1. The molecule has 21 heavy (non-hydrogen) atoms. The van der Waals surface area contributed by atoms with Crippen molar-refractivity contribution in [2.75, 3.05) is 7.11 Å². The van der Waals surface area contributed by atoms with Gasteiger partial charge in [0.1, 0.15) is 5.84 Å². The van der Waals surface area contributed by atoms with Crippen molar-refractivity contribution in [3.05, 3.63) is 29.8 Å². The smallest absolute Gasteiger partial charge is 0.330 e. The molecule has 6 nitrogen and oxygen atoms in total. The first-order valence-corrected chi connectivity index (χ1v) is 8.17. The van der Waals surface area contributed by atoms with Gasteiger partial charge in [0.25, 0.3) is 10.0 Å². The highest BCUT2D eigenvalue weighted by molar-refractivity contribution is 7.90. The van der Waals surface area contributed by atoms with Crippen LogP contribution in [0.25, 0.3) is 0 Å². The van der Waals surface area contributed by atoms with Gasteiger partial charge < -0.3 is 4.74 Å². The number of sulfonamides is 1. The van der Waals surface area contributed by atoms with Gasteiger partial charge in [0.05, 0.1) is 12.0 Å². The Morgan fingerprint density at radius 3 is 2.67 bits per heavy atom. The standard InChI is InChI=1S/C14H18N2O4S/c1-4-9(2)12(14(17)20-3)15-13-10-7-5-6-8-11(10)21(18,19)16-13/h5-9,12H,4H2,1-3H3,(H,15,16). The number of nitrogens with one attached hydrogen (secondary N) is 1. The van der Waals surface area contributed by atoms with Crippen LogP contribution in [-0.2, 0) is 19.6 Å². The Morgan fingerprint density at radius 2 is 2.05 bits per heavy atom. The Bertz CT molecular complexity index is 682. The molecule has 1 N–H and O–H groups in total. The lowest BCUT2D eigenvalue weighted by atomic mass is 9.99. The number of aliphatic imine (C=N–C) groups is 1. The van der Waals surface area contributed by atoms with Crippen LogP contribution in [0.1, 0.15) is 25.8 Å². The van der Waals surface area contributed by atoms with E-state index < -0.39 is 22.0 Å². The summed E-state index contributed by atoms with van der Waals surface area (Å²) < 4.78 is 31.2. The molecule has 0 fully saturated rings. The zero-order valence-electron chi connectivity index (χ0n) is 12.2. The second-order valence-corrected chi connectivity index (χ2v) is 6.58. The molecule has 0 spiro atoms. The monoisotopic (exact) mass is 310 g/mol. The number of ether oxygens (including phenoxy) is 1. The number of hydrogen-bond acceptors (Lipinski definition) is 5. The van der Waals surface area contributed by atoms with Crippen LogP contribution in [0.5, 0.6) is 0 Å². The van der Waals surface area contributed by atoms with Crippen molar-refractivity contribution in [1.29, 1.82) is 0 Å². The van der Waals surface area contributed by atoms with Crippen molar-refractivity contribution in [2.45, 2.75) is 31.2 Å². The summed E-state index contributed by atoms with van der Waals surface area (Å²) in [4.78, 5) is 16.4. The summed E-state index contributed by atoms with van der Waals surface area (Å²) >= 11 is 0. The first-order chi connectivity index (χ1) is 9.90. The molecular formula is C14H18N2O4S. The van der Waals surface area contributed by atoms with E-state index in [1.54, 1.807) is 18.2 Å². The van der Waals surface area contributed by atoms with Crippen molar-refractivity contribution in [1.82, 2.24) is 4.72 Å². The van der Waals surface area contributed by atoms with E-state index in [1.165, 1.54) is 13.2 Å². The van der Waals surface area contributed by atoms with Crippen LogP contribution in [-0.4, -0.2) is 33.4 Å². The van der Waals surface area contributed by atoms with Crippen LogP contribution in [0.15, 0.2) is 34.2 Å². The molecule has 1 aliphatic rings. The fourth-order valence-electron chi connectivity index (χ4n) is 2.13. The number of rotatable bonds is 4. The number of amidine groups is 1. The van der Waals surface area contributed by atoms with Crippen molar-refractivity contribution < 1.29 is 17.9 Å². The molecule has 0 amide bonds. The molecule has 0 saturated carbocycles. The largest absolute Gasteiger partial charge is 0.467 e. The highest BCUT2D eigenvalue weighted by Gasteiger charge is 2.33.